The number of halogens is 3. The van der Waals surface area contributed by atoms with Gasteiger partial charge in [0.05, 0.1) is 39.9 Å². The molecule has 4 N–H and O–H groups in total. The SMILES string of the molecule is N#CNc1nc(Cl)nc(Nc2ccc3c(O)c(N=Nc4cccc(C(=O)Nc5ccc(S(=O)(=O)CCOS(=O)(=O)[O-])cc5)c4)c(SOO[O-])cc3c2)n1.[2H]I(C)I.[Na+].[Na+]. The van der Waals surface area contributed by atoms with Gasteiger partial charge < -0.3 is 25.6 Å². The third kappa shape index (κ3) is 16.1. The zero-order chi connectivity index (χ0) is 41.8. The number of carbonyl (C=O) groups excluding carboxylic acids is 1. The molecule has 1 heterocycles. The van der Waals surface area contributed by atoms with Gasteiger partial charge in [-0.15, -0.1) is 5.11 Å². The maximum atomic E-state index is 13.0. The zero-order valence-corrected chi connectivity index (χ0v) is 41.4. The van der Waals surface area contributed by atoms with Gasteiger partial charge in [-0.2, -0.15) is 29.7 Å². The van der Waals surface area contributed by atoms with E-state index in [2.05, 4.69) is 73.3 Å². The van der Waals surface area contributed by atoms with E-state index in [1.807, 2.05) is 4.93 Å². The number of benzene rings is 4. The second-order valence-electron chi connectivity index (χ2n) is 10.3. The van der Waals surface area contributed by atoms with E-state index in [9.17, 15) is 36.5 Å². The number of nitrogens with one attached hydrogen (secondary N) is 3. The number of anilines is 4. The first-order valence-electron chi connectivity index (χ1n) is 15.2. The molecule has 1 aromatic heterocycles. The molecule has 0 fully saturated rings. The molecule has 4 aromatic carbocycles. The number of carbonyl (C=O) groups is 1. The topological polar surface area (TPSA) is 303 Å². The fourth-order valence-electron chi connectivity index (χ4n) is 4.41. The van der Waals surface area contributed by atoms with Gasteiger partial charge in [0.2, 0.25) is 27.6 Å². The van der Waals surface area contributed by atoms with E-state index in [1.165, 1.54) is 54.6 Å². The van der Waals surface area contributed by atoms with E-state index < -0.39 is 55.5 Å². The Morgan fingerprint density at radius 2 is 1.72 bits per heavy atom. The molecule has 0 bridgehead atoms. The largest absolute Gasteiger partial charge is 1.00 e. The van der Waals surface area contributed by atoms with Gasteiger partial charge in [-0.25, -0.2) is 16.8 Å². The van der Waals surface area contributed by atoms with E-state index in [4.69, 9.17) is 17.5 Å². The number of amides is 1. The predicted octanol–water partition coefficient (Wildman–Crippen LogP) is -0.154. The summed E-state index contributed by atoms with van der Waals surface area (Å²) in [5.41, 5.74) is 0.858. The first kappa shape index (κ1) is 50.3. The summed E-state index contributed by atoms with van der Waals surface area (Å²) >= 11 is 7.47. The average Bonchev–Trinajstić information content (AvgIpc) is 3.13. The van der Waals surface area contributed by atoms with Crippen LogP contribution in [0.15, 0.2) is 92.8 Å². The van der Waals surface area contributed by atoms with Crippen molar-refractivity contribution in [2.75, 3.05) is 33.2 Å². The average molecular weight is 1120 g/mol. The van der Waals surface area contributed by atoms with Gasteiger partial charge in [-0.3, -0.25) is 19.3 Å². The molecule has 58 heavy (non-hydrogen) atoms. The minimum atomic E-state index is -5.05. The van der Waals surface area contributed by atoms with Crippen LogP contribution in [0.2, 0.25) is 5.28 Å². The number of fused-ring (bicyclic) bond motifs is 1. The number of aromatic hydroxyl groups is 1. The monoisotopic (exact) mass is 1120 g/mol. The molecule has 5 aromatic rings. The predicted molar refractivity (Wildman–Crippen MR) is 219 cm³/mol. The van der Waals surface area contributed by atoms with Crippen LogP contribution >= 0.6 is 59.3 Å². The Morgan fingerprint density at radius 3 is 2.38 bits per heavy atom. The molecule has 1 amide bonds. The summed E-state index contributed by atoms with van der Waals surface area (Å²) in [6, 6.07) is 17.1. The van der Waals surface area contributed by atoms with E-state index in [0.717, 1.165) is 0 Å². The Morgan fingerprint density at radius 1 is 1.05 bits per heavy atom. The van der Waals surface area contributed by atoms with Crippen molar-refractivity contribution in [3.05, 3.63) is 83.6 Å². The molecular formula is C30H24ClI2N9Na2O11S3. The first-order valence-corrected chi connectivity index (χ1v) is 27.3. The van der Waals surface area contributed by atoms with Crippen LogP contribution in [0, 0.1) is 11.5 Å². The molecule has 28 heteroatoms. The van der Waals surface area contributed by atoms with E-state index in [-0.39, 0.29) is 114 Å². The van der Waals surface area contributed by atoms with Crippen LogP contribution in [0.25, 0.3) is 10.8 Å². The summed E-state index contributed by atoms with van der Waals surface area (Å²) in [6.45, 7) is -0.854. The Bertz CT molecular complexity index is 2550. The van der Waals surface area contributed by atoms with Gasteiger partial charge in [0, 0.05) is 22.3 Å². The number of hydrogen-bond donors (Lipinski definition) is 4. The number of phenolic OH excluding ortho intramolecular Hbond substituents is 1. The molecule has 0 aliphatic heterocycles. The quantitative estimate of drug-likeness (QED) is 0.00905. The van der Waals surface area contributed by atoms with Crippen molar-refractivity contribution in [1.29, 1.82) is 5.86 Å². The minimum Gasteiger partial charge on any atom is 1.00 e. The van der Waals surface area contributed by atoms with Crippen LogP contribution in [0.4, 0.5) is 34.6 Å². The molecule has 20 nitrogen and oxygen atoms in total. The van der Waals surface area contributed by atoms with Crippen molar-refractivity contribution in [1.82, 2.24) is 15.0 Å². The Balaban J connectivity index is 0.00000191. The Hall–Kier alpha value is -2.09. The number of hydrogen-bond acceptors (Lipinski definition) is 20. The van der Waals surface area contributed by atoms with Gasteiger partial charge in [0.15, 0.2) is 21.8 Å². The van der Waals surface area contributed by atoms with E-state index in [1.54, 1.807) is 24.4 Å². The van der Waals surface area contributed by atoms with Crippen molar-refractivity contribution in [2.45, 2.75) is 9.79 Å². The smallest absolute Gasteiger partial charge is 1.00 e. The van der Waals surface area contributed by atoms with Gasteiger partial charge in [-0.1, -0.05) is 6.07 Å². The fourth-order valence-corrected chi connectivity index (χ4v) is 6.55. The van der Waals surface area contributed by atoms with E-state index in [0.29, 0.717) is 28.5 Å². The molecule has 0 unspecified atom stereocenters. The van der Waals surface area contributed by atoms with Crippen LogP contribution in [0.1, 0.15) is 10.4 Å². The van der Waals surface area contributed by atoms with Crippen molar-refractivity contribution in [3.8, 4) is 11.9 Å². The molecule has 0 spiro atoms. The summed E-state index contributed by atoms with van der Waals surface area (Å²) < 4.78 is 71.6. The molecule has 296 valence electrons. The van der Waals surface area contributed by atoms with Gasteiger partial charge in [0.25, 0.3) is 5.91 Å². The Labute approximate surface area is 404 Å². The van der Waals surface area contributed by atoms with Gasteiger partial charge >= 0.3 is 100 Å². The van der Waals surface area contributed by atoms with Crippen LogP contribution < -0.4 is 80.3 Å². The number of rotatable bonds is 15. The number of nitrogens with zero attached hydrogens (tertiary/aromatic N) is 6. The van der Waals surface area contributed by atoms with Crippen molar-refractivity contribution < 1.29 is 109 Å². The first-order chi connectivity index (χ1) is 27.0. The third-order valence-corrected chi connectivity index (χ3v) is 9.59. The summed E-state index contributed by atoms with van der Waals surface area (Å²) in [4.78, 5) is 26.6. The van der Waals surface area contributed by atoms with E-state index >= 15 is 0 Å². The maximum Gasteiger partial charge on any atom is 1.00 e. The van der Waals surface area contributed by atoms with Crippen molar-refractivity contribution >= 4 is 131 Å². The molecule has 5 rings (SSSR count). The van der Waals surface area contributed by atoms with Crippen LogP contribution in [0.5, 0.6) is 5.75 Å². The summed E-state index contributed by atoms with van der Waals surface area (Å²) in [5.74, 6) is -1.79. The molecule has 0 atom stereocenters. The van der Waals surface area contributed by atoms with Crippen LogP contribution in [-0.2, 0) is 33.8 Å². The van der Waals surface area contributed by atoms with Gasteiger partial charge in [-0.05, 0) is 83.7 Å². The number of alkyl halides is 1. The third-order valence-electron chi connectivity index (χ3n) is 6.66. The molecule has 0 radical (unpaired) electrons. The number of aromatic nitrogens is 3. The van der Waals surface area contributed by atoms with Crippen LogP contribution in [0.3, 0.4) is 0 Å². The molecule has 0 aliphatic rings. The zero-order valence-electron chi connectivity index (χ0n) is 30.9. The minimum absolute atomic E-state index is 0. The normalized spacial score (nSPS) is 11.5. The second-order valence-corrected chi connectivity index (χ2v) is 20.8. The summed E-state index contributed by atoms with van der Waals surface area (Å²) in [6.07, 6.45) is 1.68. The molecule has 0 aliphatic carbocycles. The number of sulfone groups is 1. The summed E-state index contributed by atoms with van der Waals surface area (Å²) in [5, 5.41) is 50.7. The fraction of sp³-hybridized carbons (Fsp3) is 0.100. The number of nitriles is 1. The van der Waals surface area contributed by atoms with Crippen LogP contribution in [-0.4, -0.2) is 65.2 Å². The molecule has 0 saturated heterocycles. The second kappa shape index (κ2) is 25.0. The standard InChI is InChI=1S/C29H22ClN9O11S3.CH4I2.2Na/c30-27-35-28(32-15-31)37-29(36-27)34-19-6-9-22-17(13-19)14-23(51-50-49-42)24(25(22)40)39-38-20-3-1-2-16(12-20)26(41)33-18-4-7-21(8-5-18)52(43,44)11-10-48-53(45,46)47;1-3-2;;/h1-9,12-14,40,42H,10-11H2,(H,33,41)(H,45,46,47)(H2,32,34,35,36,37);3H,1H3;;/q;;2*+1/p-2/i;3D;;. The molecule has 0 saturated carbocycles. The number of phenols is 1. The Kier molecular flexibility index (Phi) is 21.7. The van der Waals surface area contributed by atoms with Gasteiger partial charge in [0.1, 0.15) is 5.69 Å². The maximum absolute atomic E-state index is 13.0. The van der Waals surface area contributed by atoms with Crippen molar-refractivity contribution in [3.63, 3.8) is 0 Å². The number of azo groups is 1. The van der Waals surface area contributed by atoms with Crippen molar-refractivity contribution in [2.24, 2.45) is 10.2 Å². The molecular weight excluding hydrogens is 1090 g/mol. The summed E-state index contributed by atoms with van der Waals surface area (Å²) in [7, 11) is -9.04.